The molecule has 2 atom stereocenters. The van der Waals surface area contributed by atoms with Gasteiger partial charge in [-0.05, 0) is 56.6 Å². The molecule has 0 heterocycles. The van der Waals surface area contributed by atoms with Crippen LogP contribution in [0.25, 0.3) is 0 Å². The predicted molar refractivity (Wildman–Crippen MR) is 73.6 cm³/mol. The summed E-state index contributed by atoms with van der Waals surface area (Å²) in [7, 11) is 0. The zero-order chi connectivity index (χ0) is 12.8. The van der Waals surface area contributed by atoms with Gasteiger partial charge in [0, 0.05) is 6.61 Å². The summed E-state index contributed by atoms with van der Waals surface area (Å²) in [6.45, 7) is 2.66. The third-order valence-electron chi connectivity index (χ3n) is 3.65. The fraction of sp³-hybridized carbons (Fsp3) is 0.625. The Morgan fingerprint density at radius 2 is 2.17 bits per heavy atom. The van der Waals surface area contributed by atoms with Gasteiger partial charge in [-0.3, -0.25) is 0 Å². The van der Waals surface area contributed by atoms with Gasteiger partial charge in [-0.1, -0.05) is 24.3 Å². The summed E-state index contributed by atoms with van der Waals surface area (Å²) in [6.07, 6.45) is 6.66. The number of ether oxygens (including phenoxy) is 1. The fourth-order valence-electron chi connectivity index (χ4n) is 2.65. The Balaban J connectivity index is 1.77. The number of unbranched alkanes of at least 4 members (excludes halogenated alkanes) is 1. The van der Waals surface area contributed by atoms with Crippen LogP contribution in [0.2, 0.25) is 0 Å². The molecule has 1 aliphatic carbocycles. The van der Waals surface area contributed by atoms with Gasteiger partial charge in [0.25, 0.3) is 0 Å². The lowest BCUT2D eigenvalue weighted by atomic mass is 9.89. The van der Waals surface area contributed by atoms with Crippen LogP contribution in [0.5, 0.6) is 0 Å². The first-order valence-electron chi connectivity index (χ1n) is 7.15. The minimum Gasteiger partial charge on any atom is -0.393 e. The first-order valence-corrected chi connectivity index (χ1v) is 7.15. The van der Waals surface area contributed by atoms with E-state index >= 15 is 0 Å². The Morgan fingerprint density at radius 1 is 1.33 bits per heavy atom. The molecular weight excluding hydrogens is 224 g/mol. The van der Waals surface area contributed by atoms with Crippen LogP contribution in [0.1, 0.15) is 56.3 Å². The zero-order valence-electron chi connectivity index (χ0n) is 11.3. The summed E-state index contributed by atoms with van der Waals surface area (Å²) in [5.74, 6) is 0. The summed E-state index contributed by atoms with van der Waals surface area (Å²) in [6, 6.07) is 8.64. The van der Waals surface area contributed by atoms with E-state index in [4.69, 9.17) is 4.74 Å². The molecule has 0 aliphatic heterocycles. The molecule has 0 radical (unpaired) electrons. The molecule has 1 aromatic rings. The van der Waals surface area contributed by atoms with Crippen molar-refractivity contribution in [1.29, 1.82) is 0 Å². The third-order valence-corrected chi connectivity index (χ3v) is 3.65. The number of benzene rings is 1. The average molecular weight is 248 g/mol. The van der Waals surface area contributed by atoms with Crippen LogP contribution >= 0.6 is 0 Å². The number of rotatable bonds is 6. The van der Waals surface area contributed by atoms with Crippen LogP contribution < -0.4 is 0 Å². The second-order valence-electron chi connectivity index (χ2n) is 5.30. The van der Waals surface area contributed by atoms with Gasteiger partial charge in [0.15, 0.2) is 0 Å². The monoisotopic (exact) mass is 248 g/mol. The maximum atomic E-state index is 9.19. The largest absolute Gasteiger partial charge is 0.393 e. The van der Waals surface area contributed by atoms with Gasteiger partial charge in [0.05, 0.1) is 12.2 Å². The number of aliphatic hydroxyl groups is 1. The molecule has 0 fully saturated rings. The Kier molecular flexibility index (Phi) is 5.21. The van der Waals surface area contributed by atoms with E-state index in [1.807, 2.05) is 6.92 Å². The Hall–Kier alpha value is -0.860. The van der Waals surface area contributed by atoms with Gasteiger partial charge < -0.3 is 9.84 Å². The highest BCUT2D eigenvalue weighted by Gasteiger charge is 2.19. The molecule has 100 valence electrons. The van der Waals surface area contributed by atoms with Gasteiger partial charge in [0.1, 0.15) is 0 Å². The summed E-state index contributed by atoms with van der Waals surface area (Å²) in [5.41, 5.74) is 2.84. The van der Waals surface area contributed by atoms with Crippen molar-refractivity contribution < 1.29 is 9.84 Å². The molecule has 2 nitrogen and oxygen atoms in total. The molecule has 2 unspecified atom stereocenters. The average Bonchev–Trinajstić information content (AvgIpc) is 2.38. The van der Waals surface area contributed by atoms with Crippen molar-refractivity contribution in [3.63, 3.8) is 0 Å². The van der Waals surface area contributed by atoms with Crippen LogP contribution in [0, 0.1) is 0 Å². The molecule has 0 saturated carbocycles. The number of aryl methyl sites for hydroxylation is 1. The molecule has 0 bridgehead atoms. The topological polar surface area (TPSA) is 29.5 Å². The Morgan fingerprint density at radius 3 is 3.00 bits per heavy atom. The Labute approximate surface area is 110 Å². The molecule has 2 heteroatoms. The normalized spacial score (nSPS) is 20.4. The molecule has 1 aromatic carbocycles. The molecule has 0 spiro atoms. The van der Waals surface area contributed by atoms with E-state index < -0.39 is 0 Å². The molecule has 0 saturated heterocycles. The zero-order valence-corrected chi connectivity index (χ0v) is 11.3. The number of fused-ring (bicyclic) bond motifs is 1. The molecule has 1 aliphatic rings. The highest BCUT2D eigenvalue weighted by molar-refractivity contribution is 5.31. The first kappa shape index (κ1) is 13.6. The first-order chi connectivity index (χ1) is 8.77. The highest BCUT2D eigenvalue weighted by atomic mass is 16.5. The van der Waals surface area contributed by atoms with Crippen LogP contribution in [-0.4, -0.2) is 17.8 Å². The van der Waals surface area contributed by atoms with Gasteiger partial charge in [-0.15, -0.1) is 0 Å². The second-order valence-corrected chi connectivity index (χ2v) is 5.30. The lowest BCUT2D eigenvalue weighted by Crippen LogP contribution is -2.13. The van der Waals surface area contributed by atoms with Crippen molar-refractivity contribution in [2.45, 2.75) is 57.7 Å². The van der Waals surface area contributed by atoms with E-state index in [9.17, 15) is 5.11 Å². The third kappa shape index (κ3) is 3.82. The summed E-state index contributed by atoms with van der Waals surface area (Å²) < 4.78 is 6.01. The minimum absolute atomic E-state index is 0.180. The van der Waals surface area contributed by atoms with Crippen molar-refractivity contribution in [2.24, 2.45) is 0 Å². The lowest BCUT2D eigenvalue weighted by Gasteiger charge is -2.25. The van der Waals surface area contributed by atoms with Crippen molar-refractivity contribution in [2.75, 3.05) is 6.61 Å². The van der Waals surface area contributed by atoms with Gasteiger partial charge in [0.2, 0.25) is 0 Å². The van der Waals surface area contributed by atoms with Gasteiger partial charge >= 0.3 is 0 Å². The maximum absolute atomic E-state index is 9.19. The van der Waals surface area contributed by atoms with Crippen molar-refractivity contribution >= 4 is 0 Å². The van der Waals surface area contributed by atoms with E-state index in [2.05, 4.69) is 24.3 Å². The standard InChI is InChI=1S/C16H24O2/c1-13(17)7-4-5-12-18-16-11-6-9-14-8-2-3-10-15(14)16/h2-3,8,10,13,16-17H,4-7,9,11-12H2,1H3. The summed E-state index contributed by atoms with van der Waals surface area (Å²) in [4.78, 5) is 0. The SMILES string of the molecule is CC(O)CCCCOC1CCCc2ccccc21. The van der Waals surface area contributed by atoms with E-state index in [0.717, 1.165) is 32.3 Å². The van der Waals surface area contributed by atoms with Crippen LogP contribution in [0.4, 0.5) is 0 Å². The highest BCUT2D eigenvalue weighted by Crippen LogP contribution is 2.32. The van der Waals surface area contributed by atoms with Crippen molar-refractivity contribution in [1.82, 2.24) is 0 Å². The quantitative estimate of drug-likeness (QED) is 0.779. The summed E-state index contributed by atoms with van der Waals surface area (Å²) >= 11 is 0. The van der Waals surface area contributed by atoms with Crippen LogP contribution in [0.3, 0.4) is 0 Å². The van der Waals surface area contributed by atoms with E-state index in [1.54, 1.807) is 0 Å². The predicted octanol–water partition coefficient (Wildman–Crippen LogP) is 3.63. The van der Waals surface area contributed by atoms with Gasteiger partial charge in [-0.25, -0.2) is 0 Å². The molecule has 2 rings (SSSR count). The lowest BCUT2D eigenvalue weighted by molar-refractivity contribution is 0.0368. The minimum atomic E-state index is -0.180. The van der Waals surface area contributed by atoms with Crippen molar-refractivity contribution in [3.8, 4) is 0 Å². The van der Waals surface area contributed by atoms with Crippen molar-refractivity contribution in [3.05, 3.63) is 35.4 Å². The maximum Gasteiger partial charge on any atom is 0.0827 e. The Bertz CT molecular complexity index is 360. The number of hydrogen-bond acceptors (Lipinski definition) is 2. The van der Waals surface area contributed by atoms with E-state index in [0.29, 0.717) is 6.10 Å². The van der Waals surface area contributed by atoms with Gasteiger partial charge in [-0.2, -0.15) is 0 Å². The van der Waals surface area contributed by atoms with E-state index in [1.165, 1.54) is 24.0 Å². The molecule has 0 aromatic heterocycles. The number of hydrogen-bond donors (Lipinski definition) is 1. The van der Waals surface area contributed by atoms with Crippen LogP contribution in [-0.2, 0) is 11.2 Å². The molecule has 1 N–H and O–H groups in total. The molecular formula is C16H24O2. The smallest absolute Gasteiger partial charge is 0.0827 e. The van der Waals surface area contributed by atoms with E-state index in [-0.39, 0.29) is 6.10 Å². The fourth-order valence-corrected chi connectivity index (χ4v) is 2.65. The summed E-state index contributed by atoms with van der Waals surface area (Å²) in [5, 5.41) is 9.19. The second kappa shape index (κ2) is 6.91. The molecule has 18 heavy (non-hydrogen) atoms. The van der Waals surface area contributed by atoms with Crippen LogP contribution in [0.15, 0.2) is 24.3 Å². The number of aliphatic hydroxyl groups excluding tert-OH is 1. The molecule has 0 amide bonds.